The van der Waals surface area contributed by atoms with Gasteiger partial charge in [0.1, 0.15) is 16.5 Å². The first-order chi connectivity index (χ1) is 11.1. The number of nitriles is 1. The molecule has 0 bridgehead atoms. The molecule has 0 aromatic carbocycles. The van der Waals surface area contributed by atoms with Crippen molar-refractivity contribution in [1.29, 1.82) is 5.26 Å². The van der Waals surface area contributed by atoms with Gasteiger partial charge in [0.15, 0.2) is 0 Å². The molecule has 6 heteroatoms. The first-order valence-electron chi connectivity index (χ1n) is 8.23. The summed E-state index contributed by atoms with van der Waals surface area (Å²) in [4.78, 5) is 13.8. The number of hydrogen-bond donors (Lipinski definition) is 1. The number of fused-ring (bicyclic) bond motifs is 3. The minimum Gasteiger partial charge on any atom is -0.383 e. The Morgan fingerprint density at radius 3 is 2.87 bits per heavy atom. The van der Waals surface area contributed by atoms with Gasteiger partial charge >= 0.3 is 0 Å². The quantitative estimate of drug-likeness (QED) is 0.872. The first-order valence-corrected chi connectivity index (χ1v) is 9.05. The number of hydrogen-bond acceptors (Lipinski definition) is 6. The number of nitrogen functional groups attached to an aromatic ring is 1. The molecule has 3 rings (SSSR count). The van der Waals surface area contributed by atoms with Crippen LogP contribution in [-0.4, -0.2) is 28.5 Å². The maximum Gasteiger partial charge on any atom is 0.146 e. The van der Waals surface area contributed by atoms with E-state index in [-0.39, 0.29) is 5.92 Å². The largest absolute Gasteiger partial charge is 0.383 e. The monoisotopic (exact) mass is 329 g/mol. The van der Waals surface area contributed by atoms with Gasteiger partial charge in [0, 0.05) is 11.4 Å². The standard InChI is InChI=1S/C17H23N5S/c1-11(8-18)9-22(2)10-14-20-16(19)15-12-6-4-3-5-7-13(12)23-17(15)21-14/h11H,3-7,9-10H2,1-2H3,(H2,19,20,21). The molecule has 0 spiro atoms. The van der Waals surface area contributed by atoms with E-state index in [0.29, 0.717) is 18.9 Å². The van der Waals surface area contributed by atoms with Crippen molar-refractivity contribution in [2.24, 2.45) is 5.92 Å². The number of aryl methyl sites for hydroxylation is 2. The zero-order valence-electron chi connectivity index (χ0n) is 13.8. The number of anilines is 1. The van der Waals surface area contributed by atoms with E-state index in [2.05, 4.69) is 16.0 Å². The number of nitrogens with two attached hydrogens (primary N) is 1. The summed E-state index contributed by atoms with van der Waals surface area (Å²) in [5.74, 6) is 1.36. The van der Waals surface area contributed by atoms with Crippen molar-refractivity contribution in [3.05, 3.63) is 16.3 Å². The van der Waals surface area contributed by atoms with Crippen molar-refractivity contribution in [1.82, 2.24) is 14.9 Å². The molecule has 23 heavy (non-hydrogen) atoms. The summed E-state index contributed by atoms with van der Waals surface area (Å²) in [6.45, 7) is 3.25. The Balaban J connectivity index is 1.88. The van der Waals surface area contributed by atoms with Crippen molar-refractivity contribution in [3.8, 4) is 6.07 Å². The lowest BCUT2D eigenvalue weighted by Gasteiger charge is -2.16. The Morgan fingerprint density at radius 2 is 2.09 bits per heavy atom. The van der Waals surface area contributed by atoms with Gasteiger partial charge in [-0.25, -0.2) is 9.97 Å². The summed E-state index contributed by atoms with van der Waals surface area (Å²) in [7, 11) is 1.99. The molecule has 1 atom stereocenters. The molecule has 0 amide bonds. The number of aromatic nitrogens is 2. The Morgan fingerprint density at radius 1 is 1.30 bits per heavy atom. The summed E-state index contributed by atoms with van der Waals surface area (Å²) in [5, 5.41) is 10.0. The fourth-order valence-corrected chi connectivity index (χ4v) is 4.58. The highest BCUT2D eigenvalue weighted by atomic mass is 32.1. The van der Waals surface area contributed by atoms with Crippen LogP contribution in [0.5, 0.6) is 0 Å². The summed E-state index contributed by atoms with van der Waals surface area (Å²) >= 11 is 1.78. The highest BCUT2D eigenvalue weighted by molar-refractivity contribution is 7.18. The molecule has 0 saturated carbocycles. The Labute approximate surface area is 141 Å². The van der Waals surface area contributed by atoms with Gasteiger partial charge in [-0.3, -0.25) is 4.90 Å². The van der Waals surface area contributed by atoms with E-state index in [1.165, 1.54) is 29.7 Å². The molecule has 0 saturated heterocycles. The van der Waals surface area contributed by atoms with Crippen LogP contribution < -0.4 is 5.73 Å². The number of rotatable bonds is 4. The van der Waals surface area contributed by atoms with Crippen LogP contribution in [0.4, 0.5) is 5.82 Å². The van der Waals surface area contributed by atoms with Crippen molar-refractivity contribution >= 4 is 27.4 Å². The second kappa shape index (κ2) is 6.81. The SMILES string of the molecule is CC(C#N)CN(C)Cc1nc(N)c2c3c(sc2n1)CCCCC3. The molecule has 2 N–H and O–H groups in total. The summed E-state index contributed by atoms with van der Waals surface area (Å²) in [5.41, 5.74) is 7.65. The highest BCUT2D eigenvalue weighted by Crippen LogP contribution is 2.37. The summed E-state index contributed by atoms with van der Waals surface area (Å²) < 4.78 is 0. The van der Waals surface area contributed by atoms with Crippen LogP contribution in [-0.2, 0) is 19.4 Å². The van der Waals surface area contributed by atoms with Gasteiger partial charge in [-0.05, 0) is 45.2 Å². The van der Waals surface area contributed by atoms with Gasteiger partial charge in [-0.1, -0.05) is 6.42 Å². The lowest BCUT2D eigenvalue weighted by Crippen LogP contribution is -2.24. The van der Waals surface area contributed by atoms with E-state index in [9.17, 15) is 0 Å². The molecule has 5 nitrogen and oxygen atoms in total. The molecular formula is C17H23N5S. The predicted octanol–water partition coefficient (Wildman–Crippen LogP) is 3.13. The van der Waals surface area contributed by atoms with Crippen LogP contribution in [0.2, 0.25) is 0 Å². The van der Waals surface area contributed by atoms with E-state index < -0.39 is 0 Å². The average Bonchev–Trinajstić information content (AvgIpc) is 2.69. The maximum absolute atomic E-state index is 8.93. The molecule has 1 aliphatic carbocycles. The van der Waals surface area contributed by atoms with Crippen molar-refractivity contribution < 1.29 is 0 Å². The van der Waals surface area contributed by atoms with Crippen LogP contribution >= 0.6 is 11.3 Å². The van der Waals surface area contributed by atoms with E-state index >= 15 is 0 Å². The van der Waals surface area contributed by atoms with Crippen LogP contribution in [0.1, 0.15) is 42.5 Å². The second-order valence-corrected chi connectivity index (χ2v) is 7.58. The summed E-state index contributed by atoms with van der Waals surface area (Å²) in [6.07, 6.45) is 6.03. The highest BCUT2D eigenvalue weighted by Gasteiger charge is 2.19. The lowest BCUT2D eigenvalue weighted by molar-refractivity contribution is 0.296. The lowest BCUT2D eigenvalue weighted by atomic mass is 10.1. The average molecular weight is 329 g/mol. The third kappa shape index (κ3) is 3.46. The number of thiophene rings is 1. The zero-order chi connectivity index (χ0) is 16.4. The maximum atomic E-state index is 8.93. The van der Waals surface area contributed by atoms with E-state index in [1.54, 1.807) is 11.3 Å². The van der Waals surface area contributed by atoms with Crippen LogP contribution in [0.3, 0.4) is 0 Å². The van der Waals surface area contributed by atoms with Crippen LogP contribution in [0.15, 0.2) is 0 Å². The van der Waals surface area contributed by atoms with Crippen LogP contribution in [0, 0.1) is 17.2 Å². The van der Waals surface area contributed by atoms with Gasteiger partial charge in [-0.2, -0.15) is 5.26 Å². The molecule has 2 aromatic heterocycles. The minimum absolute atomic E-state index is 0.00104. The second-order valence-electron chi connectivity index (χ2n) is 6.50. The Kier molecular flexibility index (Phi) is 4.79. The van der Waals surface area contributed by atoms with Crippen molar-refractivity contribution in [3.63, 3.8) is 0 Å². The first kappa shape index (κ1) is 16.2. The van der Waals surface area contributed by atoms with Gasteiger partial charge in [0.25, 0.3) is 0 Å². The summed E-state index contributed by atoms with van der Waals surface area (Å²) in [6, 6.07) is 2.26. The minimum atomic E-state index is -0.00104. The molecule has 122 valence electrons. The topological polar surface area (TPSA) is 78.8 Å². The van der Waals surface area contributed by atoms with Gasteiger partial charge in [0.2, 0.25) is 0 Å². The molecular weight excluding hydrogens is 306 g/mol. The van der Waals surface area contributed by atoms with E-state index in [4.69, 9.17) is 16.0 Å². The fraction of sp³-hybridized carbons (Fsp3) is 0.588. The molecule has 0 aliphatic heterocycles. The molecule has 0 radical (unpaired) electrons. The predicted molar refractivity (Wildman–Crippen MR) is 94.2 cm³/mol. The zero-order valence-corrected chi connectivity index (χ0v) is 14.6. The Hall–Kier alpha value is -1.71. The molecule has 2 aromatic rings. The normalized spacial score (nSPS) is 16.1. The smallest absolute Gasteiger partial charge is 0.146 e. The van der Waals surface area contributed by atoms with Crippen molar-refractivity contribution in [2.45, 2.75) is 45.6 Å². The third-order valence-corrected chi connectivity index (χ3v) is 5.54. The third-order valence-electron chi connectivity index (χ3n) is 4.36. The van der Waals surface area contributed by atoms with E-state index in [1.807, 2.05) is 14.0 Å². The number of nitrogens with zero attached hydrogens (tertiary/aromatic N) is 4. The molecule has 0 fully saturated rings. The van der Waals surface area contributed by atoms with E-state index in [0.717, 1.165) is 28.9 Å². The fourth-order valence-electron chi connectivity index (χ4n) is 3.29. The van der Waals surface area contributed by atoms with Gasteiger partial charge < -0.3 is 5.73 Å². The molecule has 1 aliphatic rings. The van der Waals surface area contributed by atoms with Crippen molar-refractivity contribution in [2.75, 3.05) is 19.3 Å². The van der Waals surface area contributed by atoms with Crippen LogP contribution in [0.25, 0.3) is 10.2 Å². The van der Waals surface area contributed by atoms with Gasteiger partial charge in [0.05, 0.1) is 23.9 Å². The molecule has 2 heterocycles. The molecule has 1 unspecified atom stereocenters. The Bertz CT molecular complexity index is 746. The van der Waals surface area contributed by atoms with Gasteiger partial charge in [-0.15, -0.1) is 11.3 Å².